The molecule has 0 saturated heterocycles. The summed E-state index contributed by atoms with van der Waals surface area (Å²) in [6.45, 7) is 2.93. The predicted octanol–water partition coefficient (Wildman–Crippen LogP) is 2.54. The number of nitrogens with one attached hydrogen (secondary N) is 1. The van der Waals surface area contributed by atoms with Gasteiger partial charge in [0.2, 0.25) is 0 Å². The zero-order valence-electron chi connectivity index (χ0n) is 8.94. The van der Waals surface area contributed by atoms with Crippen LogP contribution in [0.1, 0.15) is 18.9 Å². The maximum Gasteiger partial charge on any atom is 0.0635 e. The summed E-state index contributed by atoms with van der Waals surface area (Å²) in [5.41, 5.74) is 1.34. The molecule has 1 atom stereocenters. The van der Waals surface area contributed by atoms with Crippen LogP contribution in [0.3, 0.4) is 0 Å². The second kappa shape index (κ2) is 8.28. The van der Waals surface area contributed by atoms with Crippen molar-refractivity contribution in [2.45, 2.75) is 25.8 Å². The van der Waals surface area contributed by atoms with Gasteiger partial charge in [0.15, 0.2) is 0 Å². The van der Waals surface area contributed by atoms with E-state index in [1.165, 1.54) is 5.56 Å². The van der Waals surface area contributed by atoms with Gasteiger partial charge in [-0.3, -0.25) is 0 Å². The van der Waals surface area contributed by atoms with Crippen LogP contribution in [0.25, 0.3) is 0 Å². The van der Waals surface area contributed by atoms with Gasteiger partial charge >= 0.3 is 0 Å². The van der Waals surface area contributed by atoms with Gasteiger partial charge in [-0.05, 0) is 18.9 Å². The van der Waals surface area contributed by atoms with E-state index in [9.17, 15) is 0 Å². The van der Waals surface area contributed by atoms with E-state index in [0.717, 1.165) is 13.0 Å². The van der Waals surface area contributed by atoms with Gasteiger partial charge in [0.25, 0.3) is 0 Å². The maximum absolute atomic E-state index is 8.38. The maximum atomic E-state index is 8.38. The summed E-state index contributed by atoms with van der Waals surface area (Å²) in [5, 5.41) is 11.7. The summed E-state index contributed by atoms with van der Waals surface area (Å²) in [7, 11) is 0. The Morgan fingerprint density at radius 3 is 2.60 bits per heavy atom. The molecular weight excluding hydrogens is 208 g/mol. The van der Waals surface area contributed by atoms with E-state index in [2.05, 4.69) is 42.6 Å². The van der Waals surface area contributed by atoms with E-state index in [0.29, 0.717) is 12.5 Å². The molecule has 0 aliphatic carbocycles. The minimum Gasteiger partial charge on any atom is -0.313 e. The third-order valence-corrected chi connectivity index (χ3v) is 2.11. The van der Waals surface area contributed by atoms with Crippen molar-refractivity contribution in [3.8, 4) is 6.07 Å². The zero-order valence-corrected chi connectivity index (χ0v) is 9.76. The average molecular weight is 225 g/mol. The third-order valence-electron chi connectivity index (χ3n) is 2.11. The Bertz CT molecular complexity index is 292. The van der Waals surface area contributed by atoms with Crippen molar-refractivity contribution in [3.63, 3.8) is 0 Å². The van der Waals surface area contributed by atoms with E-state index >= 15 is 0 Å². The molecule has 0 amide bonds. The SMILES string of the molecule is C[C@@H](Cc1ccccc1)NCCC#N.Cl. The van der Waals surface area contributed by atoms with Gasteiger partial charge < -0.3 is 5.32 Å². The van der Waals surface area contributed by atoms with Gasteiger partial charge in [0, 0.05) is 19.0 Å². The highest BCUT2D eigenvalue weighted by atomic mass is 35.5. The highest BCUT2D eigenvalue weighted by Crippen LogP contribution is 2.02. The van der Waals surface area contributed by atoms with Crippen LogP contribution in [-0.4, -0.2) is 12.6 Å². The molecule has 1 aromatic carbocycles. The Morgan fingerprint density at radius 2 is 2.00 bits per heavy atom. The second-order valence-electron chi connectivity index (χ2n) is 3.45. The van der Waals surface area contributed by atoms with Crippen LogP contribution in [0.15, 0.2) is 30.3 Å². The fourth-order valence-corrected chi connectivity index (χ4v) is 1.41. The smallest absolute Gasteiger partial charge is 0.0635 e. The first kappa shape index (κ1) is 14.0. The van der Waals surface area contributed by atoms with Crippen LogP contribution in [0.4, 0.5) is 0 Å². The molecular formula is C12H17ClN2. The Labute approximate surface area is 97.7 Å². The van der Waals surface area contributed by atoms with Crippen LogP contribution in [-0.2, 0) is 6.42 Å². The molecule has 0 bridgehead atoms. The molecule has 0 fully saturated rings. The van der Waals surface area contributed by atoms with Gasteiger partial charge in [-0.15, -0.1) is 12.4 Å². The van der Waals surface area contributed by atoms with Crippen molar-refractivity contribution >= 4 is 12.4 Å². The first-order valence-corrected chi connectivity index (χ1v) is 4.97. The minimum absolute atomic E-state index is 0. The number of hydrogen-bond donors (Lipinski definition) is 1. The van der Waals surface area contributed by atoms with Crippen molar-refractivity contribution in [2.75, 3.05) is 6.54 Å². The summed E-state index contributed by atoms with van der Waals surface area (Å²) in [4.78, 5) is 0. The van der Waals surface area contributed by atoms with Crippen molar-refractivity contribution < 1.29 is 0 Å². The van der Waals surface area contributed by atoms with Gasteiger partial charge in [-0.25, -0.2) is 0 Å². The summed E-state index contributed by atoms with van der Waals surface area (Å²) in [5.74, 6) is 0. The molecule has 3 heteroatoms. The number of nitrogens with zero attached hydrogens (tertiary/aromatic N) is 1. The monoisotopic (exact) mass is 224 g/mol. The average Bonchev–Trinajstić information content (AvgIpc) is 2.20. The lowest BCUT2D eigenvalue weighted by Crippen LogP contribution is -2.28. The van der Waals surface area contributed by atoms with E-state index in [-0.39, 0.29) is 12.4 Å². The van der Waals surface area contributed by atoms with Crippen molar-refractivity contribution in [3.05, 3.63) is 35.9 Å². The number of benzene rings is 1. The minimum atomic E-state index is 0. The standard InChI is InChI=1S/C12H16N2.ClH/c1-11(14-9-5-8-13)10-12-6-3-2-4-7-12;/h2-4,6-7,11,14H,5,9-10H2,1H3;1H/t11-;/m0./s1. The largest absolute Gasteiger partial charge is 0.313 e. The molecule has 15 heavy (non-hydrogen) atoms. The van der Waals surface area contributed by atoms with Gasteiger partial charge in [0.05, 0.1) is 6.07 Å². The molecule has 1 N–H and O–H groups in total. The molecule has 2 nitrogen and oxygen atoms in total. The summed E-state index contributed by atoms with van der Waals surface area (Å²) >= 11 is 0. The summed E-state index contributed by atoms with van der Waals surface area (Å²) in [6.07, 6.45) is 1.60. The van der Waals surface area contributed by atoms with Crippen LogP contribution in [0.5, 0.6) is 0 Å². The Morgan fingerprint density at radius 1 is 1.33 bits per heavy atom. The van der Waals surface area contributed by atoms with Crippen LogP contribution in [0, 0.1) is 11.3 Å². The predicted molar refractivity (Wildman–Crippen MR) is 65.1 cm³/mol. The number of hydrogen-bond acceptors (Lipinski definition) is 2. The molecule has 82 valence electrons. The van der Waals surface area contributed by atoms with Gasteiger partial charge in [-0.2, -0.15) is 5.26 Å². The highest BCUT2D eigenvalue weighted by Gasteiger charge is 2.01. The van der Waals surface area contributed by atoms with Gasteiger partial charge in [-0.1, -0.05) is 30.3 Å². The molecule has 1 aromatic rings. The quantitative estimate of drug-likeness (QED) is 0.781. The Kier molecular flexibility index (Phi) is 7.71. The van der Waals surface area contributed by atoms with Crippen molar-refractivity contribution in [2.24, 2.45) is 0 Å². The number of nitriles is 1. The van der Waals surface area contributed by atoms with E-state index in [1.54, 1.807) is 0 Å². The Hall–Kier alpha value is -1.04. The highest BCUT2D eigenvalue weighted by molar-refractivity contribution is 5.85. The van der Waals surface area contributed by atoms with Crippen molar-refractivity contribution in [1.29, 1.82) is 5.26 Å². The fourth-order valence-electron chi connectivity index (χ4n) is 1.41. The molecule has 0 radical (unpaired) electrons. The molecule has 0 spiro atoms. The van der Waals surface area contributed by atoms with Crippen LogP contribution >= 0.6 is 12.4 Å². The lowest BCUT2D eigenvalue weighted by atomic mass is 10.1. The van der Waals surface area contributed by atoms with E-state index < -0.39 is 0 Å². The zero-order chi connectivity index (χ0) is 10.2. The molecule has 1 rings (SSSR count). The van der Waals surface area contributed by atoms with E-state index in [4.69, 9.17) is 5.26 Å². The molecule has 0 aliphatic rings. The van der Waals surface area contributed by atoms with Crippen molar-refractivity contribution in [1.82, 2.24) is 5.32 Å². The van der Waals surface area contributed by atoms with Crippen LogP contribution in [0.2, 0.25) is 0 Å². The molecule has 0 aliphatic heterocycles. The molecule has 0 unspecified atom stereocenters. The first-order valence-electron chi connectivity index (χ1n) is 4.97. The lowest BCUT2D eigenvalue weighted by Gasteiger charge is -2.12. The fraction of sp³-hybridized carbons (Fsp3) is 0.417. The molecule has 0 saturated carbocycles. The summed E-state index contributed by atoms with van der Waals surface area (Å²) < 4.78 is 0. The summed E-state index contributed by atoms with van der Waals surface area (Å²) in [6, 6.07) is 12.9. The van der Waals surface area contributed by atoms with E-state index in [1.807, 2.05) is 6.07 Å². The molecule has 0 aromatic heterocycles. The third kappa shape index (κ3) is 6.11. The second-order valence-corrected chi connectivity index (χ2v) is 3.45. The molecule has 0 heterocycles. The lowest BCUT2D eigenvalue weighted by molar-refractivity contribution is 0.553. The first-order chi connectivity index (χ1) is 6.83. The van der Waals surface area contributed by atoms with Crippen LogP contribution < -0.4 is 5.32 Å². The van der Waals surface area contributed by atoms with Gasteiger partial charge in [0.1, 0.15) is 0 Å². The number of rotatable bonds is 5. The topological polar surface area (TPSA) is 35.8 Å². The number of halogens is 1. The normalized spacial score (nSPS) is 11.2. The Balaban J connectivity index is 0.00000196.